The van der Waals surface area contributed by atoms with E-state index in [1.165, 1.54) is 0 Å². The molecule has 0 saturated carbocycles. The Hall–Kier alpha value is -1.84. The number of hydrogen-bond donors (Lipinski definition) is 4. The van der Waals surface area contributed by atoms with Crippen molar-refractivity contribution < 1.29 is 17.9 Å². The second-order valence-electron chi connectivity index (χ2n) is 7.07. The minimum Gasteiger partial charge on any atom is -0.491 e. The fourth-order valence-corrected chi connectivity index (χ4v) is 2.56. The zero-order valence-corrected chi connectivity index (χ0v) is 16.7. The smallest absolute Gasteiger partial charge is 0.319 e. The summed E-state index contributed by atoms with van der Waals surface area (Å²) in [5.41, 5.74) is 6.57. The molecule has 0 aromatic heterocycles. The highest BCUT2D eigenvalue weighted by Crippen LogP contribution is 2.26. The molecule has 2 amide bonds. The number of nitrogens with one attached hydrogen (secondary N) is 3. The third-order valence-corrected chi connectivity index (χ3v) is 3.90. The first-order chi connectivity index (χ1) is 12.0. The van der Waals surface area contributed by atoms with Crippen molar-refractivity contribution in [1.82, 2.24) is 10.0 Å². The maximum absolute atomic E-state index is 12.1. The Kier molecular flexibility index (Phi) is 8.32. The van der Waals surface area contributed by atoms with Gasteiger partial charge < -0.3 is 21.1 Å². The second kappa shape index (κ2) is 9.75. The van der Waals surface area contributed by atoms with Gasteiger partial charge in [0.25, 0.3) is 0 Å². The third-order valence-electron chi connectivity index (χ3n) is 3.17. The van der Waals surface area contributed by atoms with Crippen LogP contribution in [-0.2, 0) is 16.4 Å². The summed E-state index contributed by atoms with van der Waals surface area (Å²) in [5.74, 6) is 0.527. The summed E-state index contributed by atoms with van der Waals surface area (Å²) < 4.78 is 30.5. The molecule has 8 nitrogen and oxygen atoms in total. The minimum absolute atomic E-state index is 0.290. The van der Waals surface area contributed by atoms with E-state index in [0.29, 0.717) is 44.0 Å². The number of benzene rings is 1. The number of carbonyl (C=O) groups is 1. The highest BCUT2D eigenvalue weighted by Gasteiger charge is 2.15. The molecule has 0 spiro atoms. The molecule has 148 valence electrons. The Morgan fingerprint density at radius 1 is 1.27 bits per heavy atom. The summed E-state index contributed by atoms with van der Waals surface area (Å²) in [5, 5.41) is 5.61. The molecule has 0 fully saturated rings. The number of carbonyl (C=O) groups excluding carboxylic acids is 1. The van der Waals surface area contributed by atoms with E-state index in [1.54, 1.807) is 12.1 Å². The maximum atomic E-state index is 12.1. The molecular weight excluding hydrogens is 356 g/mol. The van der Waals surface area contributed by atoms with Crippen LogP contribution in [-0.4, -0.2) is 45.9 Å². The van der Waals surface area contributed by atoms with Crippen molar-refractivity contribution in [3.05, 3.63) is 23.8 Å². The SMILES string of the molecule is CC(C)(C)NC(=O)Nc1ccc(CCNS(C)(=O)=O)cc1OCCCN. The van der Waals surface area contributed by atoms with Gasteiger partial charge in [-0.2, -0.15) is 0 Å². The zero-order chi connectivity index (χ0) is 19.8. The summed E-state index contributed by atoms with van der Waals surface area (Å²) in [6.07, 6.45) is 2.32. The molecule has 0 heterocycles. The van der Waals surface area contributed by atoms with Gasteiger partial charge in [0.1, 0.15) is 5.75 Å². The molecule has 9 heteroatoms. The molecule has 0 atom stereocenters. The summed E-state index contributed by atoms with van der Waals surface area (Å²) in [6, 6.07) is 5.04. The lowest BCUT2D eigenvalue weighted by Crippen LogP contribution is -2.43. The van der Waals surface area contributed by atoms with Gasteiger partial charge >= 0.3 is 6.03 Å². The number of ether oxygens (including phenoxy) is 1. The standard InChI is InChI=1S/C17H30N4O4S/c1-17(2,3)21-16(22)20-14-7-6-13(8-10-19-26(4,23)24)12-15(14)25-11-5-9-18/h6-7,12,19H,5,8-11,18H2,1-4H3,(H2,20,21,22). The zero-order valence-electron chi connectivity index (χ0n) is 15.9. The minimum atomic E-state index is -3.22. The van der Waals surface area contributed by atoms with Crippen LogP contribution in [0.15, 0.2) is 18.2 Å². The Balaban J connectivity index is 2.85. The molecule has 0 aliphatic heterocycles. The molecular formula is C17H30N4O4S. The molecule has 5 N–H and O–H groups in total. The van der Waals surface area contributed by atoms with Crippen molar-refractivity contribution in [2.45, 2.75) is 39.2 Å². The van der Waals surface area contributed by atoms with Gasteiger partial charge in [-0.15, -0.1) is 0 Å². The van der Waals surface area contributed by atoms with Gasteiger partial charge in [-0.3, -0.25) is 0 Å². The molecule has 0 radical (unpaired) electrons. The first kappa shape index (κ1) is 22.2. The average molecular weight is 387 g/mol. The summed E-state index contributed by atoms with van der Waals surface area (Å²) in [6.45, 7) is 6.90. The van der Waals surface area contributed by atoms with Crippen molar-refractivity contribution in [2.24, 2.45) is 5.73 Å². The summed E-state index contributed by atoms with van der Waals surface area (Å²) in [7, 11) is -3.22. The van der Waals surface area contributed by atoms with Gasteiger partial charge in [-0.1, -0.05) is 6.07 Å². The van der Waals surface area contributed by atoms with Crippen molar-refractivity contribution in [2.75, 3.05) is 31.3 Å². The van der Waals surface area contributed by atoms with E-state index in [2.05, 4.69) is 15.4 Å². The van der Waals surface area contributed by atoms with Crippen molar-refractivity contribution in [3.8, 4) is 5.75 Å². The van der Waals surface area contributed by atoms with Crippen LogP contribution in [0.2, 0.25) is 0 Å². The predicted molar refractivity (Wildman–Crippen MR) is 104 cm³/mol. The Bertz CT molecular complexity index is 699. The van der Waals surface area contributed by atoms with E-state index in [1.807, 2.05) is 26.8 Å². The van der Waals surface area contributed by atoms with Gasteiger partial charge in [0.15, 0.2) is 0 Å². The van der Waals surface area contributed by atoms with Gasteiger partial charge in [-0.05, 0) is 57.9 Å². The number of rotatable bonds is 9. The monoisotopic (exact) mass is 386 g/mol. The van der Waals surface area contributed by atoms with Crippen LogP contribution in [0.1, 0.15) is 32.8 Å². The van der Waals surface area contributed by atoms with Crippen LogP contribution in [0.3, 0.4) is 0 Å². The van der Waals surface area contributed by atoms with Crippen LogP contribution in [0.5, 0.6) is 5.75 Å². The van der Waals surface area contributed by atoms with Crippen molar-refractivity contribution in [3.63, 3.8) is 0 Å². The van der Waals surface area contributed by atoms with E-state index in [-0.39, 0.29) is 11.6 Å². The summed E-state index contributed by atoms with van der Waals surface area (Å²) >= 11 is 0. The normalized spacial score (nSPS) is 11.9. The Labute approximate surface area is 155 Å². The molecule has 0 saturated heterocycles. The van der Waals surface area contributed by atoms with Crippen LogP contribution in [0.4, 0.5) is 10.5 Å². The third kappa shape index (κ3) is 9.59. The lowest BCUT2D eigenvalue weighted by molar-refractivity contribution is 0.243. The van der Waals surface area contributed by atoms with Crippen LogP contribution in [0, 0.1) is 0 Å². The number of nitrogens with two attached hydrogens (primary N) is 1. The lowest BCUT2D eigenvalue weighted by atomic mass is 10.1. The van der Waals surface area contributed by atoms with E-state index < -0.39 is 10.0 Å². The first-order valence-electron chi connectivity index (χ1n) is 8.50. The lowest BCUT2D eigenvalue weighted by Gasteiger charge is -2.21. The van der Waals surface area contributed by atoms with Gasteiger partial charge in [0.2, 0.25) is 10.0 Å². The number of hydrogen-bond acceptors (Lipinski definition) is 5. The summed E-state index contributed by atoms with van der Waals surface area (Å²) in [4.78, 5) is 12.1. The molecule has 0 aliphatic rings. The fourth-order valence-electron chi connectivity index (χ4n) is 2.09. The quantitative estimate of drug-likeness (QED) is 0.478. The van der Waals surface area contributed by atoms with Crippen molar-refractivity contribution in [1.29, 1.82) is 0 Å². The molecule has 1 rings (SSSR count). The topological polar surface area (TPSA) is 123 Å². The molecule has 26 heavy (non-hydrogen) atoms. The first-order valence-corrected chi connectivity index (χ1v) is 10.4. The Morgan fingerprint density at radius 3 is 2.54 bits per heavy atom. The van der Waals surface area contributed by atoms with E-state index in [0.717, 1.165) is 11.8 Å². The van der Waals surface area contributed by atoms with Crippen LogP contribution < -0.4 is 25.8 Å². The highest BCUT2D eigenvalue weighted by atomic mass is 32.2. The number of urea groups is 1. The predicted octanol–water partition coefficient (Wildman–Crippen LogP) is 1.43. The molecule has 0 aliphatic carbocycles. The number of amides is 2. The second-order valence-corrected chi connectivity index (χ2v) is 8.90. The van der Waals surface area contributed by atoms with E-state index in [9.17, 15) is 13.2 Å². The fraction of sp³-hybridized carbons (Fsp3) is 0.588. The molecule has 1 aromatic rings. The van der Waals surface area contributed by atoms with Gasteiger partial charge in [0, 0.05) is 12.1 Å². The highest BCUT2D eigenvalue weighted by molar-refractivity contribution is 7.88. The van der Waals surface area contributed by atoms with E-state index >= 15 is 0 Å². The number of anilines is 1. The van der Waals surface area contributed by atoms with Crippen LogP contribution in [0.25, 0.3) is 0 Å². The van der Waals surface area contributed by atoms with Crippen molar-refractivity contribution >= 4 is 21.7 Å². The van der Waals surface area contributed by atoms with Gasteiger partial charge in [0.05, 0.1) is 18.6 Å². The van der Waals surface area contributed by atoms with Crippen LogP contribution >= 0.6 is 0 Å². The molecule has 1 aromatic carbocycles. The molecule has 0 bridgehead atoms. The largest absolute Gasteiger partial charge is 0.491 e. The maximum Gasteiger partial charge on any atom is 0.319 e. The number of sulfonamides is 1. The van der Waals surface area contributed by atoms with Gasteiger partial charge in [-0.25, -0.2) is 17.9 Å². The molecule has 0 unspecified atom stereocenters. The van der Waals surface area contributed by atoms with E-state index in [4.69, 9.17) is 10.5 Å². The Morgan fingerprint density at radius 2 is 1.96 bits per heavy atom. The average Bonchev–Trinajstić information content (AvgIpc) is 2.46.